The van der Waals surface area contributed by atoms with Crippen molar-refractivity contribution >= 4 is 15.9 Å². The molecule has 0 radical (unpaired) electrons. The van der Waals surface area contributed by atoms with Crippen LogP contribution in [0, 0.1) is 11.3 Å². The van der Waals surface area contributed by atoms with Crippen molar-refractivity contribution in [3.8, 4) is 17.4 Å². The molecule has 0 saturated carbocycles. The van der Waals surface area contributed by atoms with Crippen molar-refractivity contribution < 1.29 is 4.52 Å². The second kappa shape index (κ2) is 3.75. The normalized spacial score (nSPS) is 9.87. The minimum absolute atomic E-state index is 0.0121. The van der Waals surface area contributed by atoms with Crippen molar-refractivity contribution in [3.05, 3.63) is 44.7 Å². The van der Waals surface area contributed by atoms with Crippen LogP contribution in [0.5, 0.6) is 0 Å². The third-order valence-corrected chi connectivity index (χ3v) is 2.62. The van der Waals surface area contributed by atoms with Gasteiger partial charge in [0.1, 0.15) is 6.07 Å². The van der Waals surface area contributed by atoms with Crippen molar-refractivity contribution in [2.24, 2.45) is 0 Å². The number of benzene rings is 1. The lowest BCUT2D eigenvalue weighted by Gasteiger charge is -1.98. The first-order chi connectivity index (χ1) is 7.24. The zero-order chi connectivity index (χ0) is 10.8. The Kier molecular flexibility index (Phi) is 2.44. The van der Waals surface area contributed by atoms with Gasteiger partial charge in [0.2, 0.25) is 0 Å². The Hall–Kier alpha value is -1.80. The summed E-state index contributed by atoms with van der Waals surface area (Å²) in [6, 6.07) is 9.02. The molecule has 0 aliphatic rings. The summed E-state index contributed by atoms with van der Waals surface area (Å²) in [6.07, 6.45) is 0. The zero-order valence-corrected chi connectivity index (χ0v) is 9.04. The quantitative estimate of drug-likeness (QED) is 0.859. The minimum Gasteiger partial charge on any atom is -0.377 e. The van der Waals surface area contributed by atoms with Crippen molar-refractivity contribution in [1.29, 1.82) is 5.26 Å². The third kappa shape index (κ3) is 1.60. The van der Waals surface area contributed by atoms with E-state index < -0.39 is 5.56 Å². The molecule has 0 aliphatic heterocycles. The molecule has 0 aliphatic carbocycles. The Labute approximate surface area is 93.2 Å². The first-order valence-corrected chi connectivity index (χ1v) is 4.90. The average molecular weight is 265 g/mol. The van der Waals surface area contributed by atoms with Gasteiger partial charge in [0.25, 0.3) is 5.56 Å². The fraction of sp³-hybridized carbons (Fsp3) is 0. The predicted molar refractivity (Wildman–Crippen MR) is 57.2 cm³/mol. The number of rotatable bonds is 1. The highest BCUT2D eigenvalue weighted by Crippen LogP contribution is 2.28. The summed E-state index contributed by atoms with van der Waals surface area (Å²) >= 11 is 3.32. The molecular weight excluding hydrogens is 260 g/mol. The second-order valence-electron chi connectivity index (χ2n) is 2.83. The molecule has 74 valence electrons. The molecule has 2 rings (SSSR count). The van der Waals surface area contributed by atoms with Gasteiger partial charge in [-0.15, -0.1) is 0 Å². The monoisotopic (exact) mass is 264 g/mol. The van der Waals surface area contributed by atoms with Gasteiger partial charge in [-0.2, -0.15) is 10.4 Å². The summed E-state index contributed by atoms with van der Waals surface area (Å²) in [5, 5.41) is 10.9. The van der Waals surface area contributed by atoms with Gasteiger partial charge in [-0.25, -0.2) is 0 Å². The van der Waals surface area contributed by atoms with Crippen LogP contribution in [0.2, 0.25) is 0 Å². The largest absolute Gasteiger partial charge is 0.377 e. The van der Waals surface area contributed by atoms with Crippen LogP contribution in [0.15, 0.2) is 38.1 Å². The molecular formula is C10H5BrN2O2. The predicted octanol–water partition coefficient (Wildman–Crippen LogP) is 2.27. The van der Waals surface area contributed by atoms with Gasteiger partial charge in [0.05, 0.1) is 0 Å². The van der Waals surface area contributed by atoms with E-state index in [-0.39, 0.29) is 11.3 Å². The van der Waals surface area contributed by atoms with E-state index >= 15 is 0 Å². The summed E-state index contributed by atoms with van der Waals surface area (Å²) in [5.41, 5.74) is 0.151. The molecule has 15 heavy (non-hydrogen) atoms. The van der Waals surface area contributed by atoms with Gasteiger partial charge in [0.15, 0.2) is 11.3 Å². The molecule has 2 aromatic rings. The number of hydrogen-bond donors (Lipinski definition) is 1. The van der Waals surface area contributed by atoms with E-state index in [4.69, 9.17) is 9.78 Å². The summed E-state index contributed by atoms with van der Waals surface area (Å²) in [4.78, 5) is 11.2. The maximum atomic E-state index is 11.2. The van der Waals surface area contributed by atoms with Gasteiger partial charge >= 0.3 is 0 Å². The lowest BCUT2D eigenvalue weighted by atomic mass is 10.1. The molecule has 1 N–H and O–H groups in total. The van der Waals surface area contributed by atoms with E-state index in [1.54, 1.807) is 12.1 Å². The number of nitrogens with zero attached hydrogens (tertiary/aromatic N) is 1. The summed E-state index contributed by atoms with van der Waals surface area (Å²) in [6.45, 7) is 0. The van der Waals surface area contributed by atoms with Crippen LogP contribution in [-0.4, -0.2) is 5.16 Å². The Morgan fingerprint density at radius 3 is 2.80 bits per heavy atom. The fourth-order valence-corrected chi connectivity index (χ4v) is 1.70. The van der Waals surface area contributed by atoms with Crippen molar-refractivity contribution in [2.45, 2.75) is 0 Å². The Morgan fingerprint density at radius 1 is 1.40 bits per heavy atom. The summed E-state index contributed by atoms with van der Waals surface area (Å²) in [5.74, 6) is 0.259. The molecule has 0 atom stereocenters. The molecule has 4 nitrogen and oxygen atoms in total. The second-order valence-corrected chi connectivity index (χ2v) is 3.68. The number of nitrogens with one attached hydrogen (secondary N) is 1. The van der Waals surface area contributed by atoms with E-state index in [2.05, 4.69) is 21.1 Å². The highest BCUT2D eigenvalue weighted by Gasteiger charge is 2.15. The summed E-state index contributed by atoms with van der Waals surface area (Å²) in [7, 11) is 0. The highest BCUT2D eigenvalue weighted by molar-refractivity contribution is 9.10. The van der Waals surface area contributed by atoms with Crippen molar-refractivity contribution in [2.75, 3.05) is 0 Å². The van der Waals surface area contributed by atoms with Crippen molar-refractivity contribution in [3.63, 3.8) is 0 Å². The number of halogens is 1. The first-order valence-electron chi connectivity index (χ1n) is 4.10. The van der Waals surface area contributed by atoms with Crippen LogP contribution in [0.1, 0.15) is 5.56 Å². The highest BCUT2D eigenvalue weighted by atomic mass is 79.9. The molecule has 0 amide bonds. The molecule has 0 spiro atoms. The standard InChI is InChI=1S/C10H5BrN2O2/c11-8-4-2-1-3-6(8)9-7(5-12)10(14)13-15-9/h1-4H,(H,13,14). The third-order valence-electron chi connectivity index (χ3n) is 1.93. The van der Waals surface area contributed by atoms with Crippen LogP contribution in [0.25, 0.3) is 11.3 Å². The fourth-order valence-electron chi connectivity index (χ4n) is 1.24. The minimum atomic E-state index is -0.511. The number of aromatic nitrogens is 1. The number of hydrogen-bond acceptors (Lipinski definition) is 3. The van der Waals surface area contributed by atoms with Gasteiger partial charge in [-0.05, 0) is 12.1 Å². The van der Waals surface area contributed by atoms with E-state index in [1.165, 1.54) is 0 Å². The van der Waals surface area contributed by atoms with Gasteiger partial charge in [0, 0.05) is 10.0 Å². The molecule has 1 aromatic heterocycles. The Bertz CT molecular complexity index is 592. The smallest absolute Gasteiger partial charge is 0.298 e. The molecule has 1 heterocycles. The SMILES string of the molecule is N#Cc1c(-c2ccccc2Br)o[nH]c1=O. The maximum Gasteiger partial charge on any atom is 0.298 e. The lowest BCUT2D eigenvalue weighted by Crippen LogP contribution is -2.01. The lowest BCUT2D eigenvalue weighted by molar-refractivity contribution is 0.425. The van der Waals surface area contributed by atoms with Crippen molar-refractivity contribution in [1.82, 2.24) is 5.16 Å². The average Bonchev–Trinajstić information content (AvgIpc) is 2.60. The van der Waals surface area contributed by atoms with E-state index in [0.29, 0.717) is 5.56 Å². The molecule has 0 bridgehead atoms. The topological polar surface area (TPSA) is 69.8 Å². The molecule has 0 fully saturated rings. The number of aromatic amines is 1. The maximum absolute atomic E-state index is 11.2. The molecule has 0 saturated heterocycles. The van der Waals surface area contributed by atoms with Gasteiger partial charge in [-0.1, -0.05) is 28.1 Å². The van der Waals surface area contributed by atoms with E-state index in [0.717, 1.165) is 4.47 Å². The van der Waals surface area contributed by atoms with Crippen LogP contribution >= 0.6 is 15.9 Å². The van der Waals surface area contributed by atoms with Gasteiger partial charge in [-0.3, -0.25) is 4.79 Å². The van der Waals surface area contributed by atoms with Crippen LogP contribution < -0.4 is 5.56 Å². The molecule has 1 aromatic carbocycles. The molecule has 5 heteroatoms. The first kappa shape index (κ1) is 9.74. The van der Waals surface area contributed by atoms with Crippen LogP contribution in [0.4, 0.5) is 0 Å². The number of nitriles is 1. The molecule has 0 unspecified atom stereocenters. The summed E-state index contributed by atoms with van der Waals surface area (Å²) < 4.78 is 5.73. The zero-order valence-electron chi connectivity index (χ0n) is 7.45. The van der Waals surface area contributed by atoms with Crippen LogP contribution in [0.3, 0.4) is 0 Å². The number of H-pyrrole nitrogens is 1. The van der Waals surface area contributed by atoms with Gasteiger partial charge < -0.3 is 4.52 Å². The van der Waals surface area contributed by atoms with E-state index in [1.807, 2.05) is 18.2 Å². The van der Waals surface area contributed by atoms with E-state index in [9.17, 15) is 4.79 Å². The Balaban J connectivity index is 2.71. The Morgan fingerprint density at radius 2 is 2.13 bits per heavy atom. The van der Waals surface area contributed by atoms with Crippen LogP contribution in [-0.2, 0) is 0 Å².